The lowest BCUT2D eigenvalue weighted by molar-refractivity contribution is -0.917. The van der Waals surface area contributed by atoms with Crippen molar-refractivity contribution in [2.45, 2.75) is 39.0 Å². The molecular weight excluding hydrogens is 398 g/mol. The van der Waals surface area contributed by atoms with Crippen LogP contribution < -0.4 is 14.4 Å². The van der Waals surface area contributed by atoms with Crippen LogP contribution in [0.3, 0.4) is 0 Å². The van der Waals surface area contributed by atoms with Gasteiger partial charge in [-0.3, -0.25) is 9.55 Å². The van der Waals surface area contributed by atoms with Gasteiger partial charge in [0.15, 0.2) is 24.0 Å². The molecule has 3 aromatic rings. The van der Waals surface area contributed by atoms with Crippen LogP contribution in [0.2, 0.25) is 0 Å². The molecule has 1 fully saturated rings. The van der Waals surface area contributed by atoms with E-state index in [2.05, 4.69) is 22.7 Å². The third-order valence-electron chi connectivity index (χ3n) is 5.16. The van der Waals surface area contributed by atoms with Gasteiger partial charge in [0.2, 0.25) is 4.77 Å². The van der Waals surface area contributed by atoms with Crippen LogP contribution in [0.15, 0.2) is 42.7 Å². The predicted molar refractivity (Wildman–Crippen MR) is 117 cm³/mol. The first kappa shape index (κ1) is 20.6. The maximum atomic E-state index is 5.79. The molecule has 0 spiro atoms. The molecule has 0 bridgehead atoms. The van der Waals surface area contributed by atoms with E-state index in [1.807, 2.05) is 42.1 Å². The summed E-state index contributed by atoms with van der Waals surface area (Å²) < 4.78 is 16.0. The first-order valence-corrected chi connectivity index (χ1v) is 10.7. The zero-order valence-corrected chi connectivity index (χ0v) is 18.5. The number of hydrogen-bond donors (Lipinski definition) is 1. The summed E-state index contributed by atoms with van der Waals surface area (Å²) in [7, 11) is 3.81. The van der Waals surface area contributed by atoms with Crippen LogP contribution in [0, 0.1) is 4.77 Å². The molecule has 1 aliphatic carbocycles. The Morgan fingerprint density at radius 1 is 1.23 bits per heavy atom. The number of ether oxygens (including phenoxy) is 2. The van der Waals surface area contributed by atoms with E-state index >= 15 is 0 Å². The second-order valence-electron chi connectivity index (χ2n) is 7.66. The van der Waals surface area contributed by atoms with Crippen molar-refractivity contribution in [1.82, 2.24) is 19.3 Å². The Morgan fingerprint density at radius 2 is 2.07 bits per heavy atom. The van der Waals surface area contributed by atoms with Crippen LogP contribution in [0.5, 0.6) is 11.5 Å². The van der Waals surface area contributed by atoms with Crippen LogP contribution in [0.25, 0.3) is 11.4 Å². The smallest absolute Gasteiger partial charge is 0.203 e. The largest absolute Gasteiger partial charge is 0.493 e. The number of benzene rings is 1. The third-order valence-corrected chi connectivity index (χ3v) is 5.56. The van der Waals surface area contributed by atoms with Gasteiger partial charge in [-0.15, -0.1) is 5.10 Å². The average molecular weight is 427 g/mol. The zero-order valence-electron chi connectivity index (χ0n) is 17.7. The lowest BCUT2D eigenvalue weighted by Crippen LogP contribution is -3.07. The van der Waals surface area contributed by atoms with E-state index in [1.54, 1.807) is 13.3 Å². The molecule has 2 aromatic heterocycles. The van der Waals surface area contributed by atoms with Crippen molar-refractivity contribution in [3.8, 4) is 22.9 Å². The molecule has 158 valence electrons. The van der Waals surface area contributed by atoms with E-state index in [4.69, 9.17) is 26.8 Å². The van der Waals surface area contributed by atoms with Gasteiger partial charge < -0.3 is 14.4 Å². The van der Waals surface area contributed by atoms with Crippen molar-refractivity contribution >= 4 is 12.2 Å². The molecule has 1 saturated carbocycles. The standard InChI is InChI=1S/C22H27N5O2S/c1-4-29-19-10-7-16(12-20(19)28-3)14-25(2)15-26-22(30)27(18-8-9-18)21(24-26)17-6-5-11-23-13-17/h5-7,10-13,18H,4,8-9,14-15H2,1-3H3/p+1. The van der Waals surface area contributed by atoms with E-state index in [9.17, 15) is 0 Å². The van der Waals surface area contributed by atoms with Crippen LogP contribution >= 0.6 is 12.2 Å². The molecule has 0 radical (unpaired) electrons. The summed E-state index contributed by atoms with van der Waals surface area (Å²) >= 11 is 5.79. The van der Waals surface area contributed by atoms with Crippen molar-refractivity contribution in [3.05, 3.63) is 53.1 Å². The molecule has 0 amide bonds. The van der Waals surface area contributed by atoms with Gasteiger partial charge in [-0.1, -0.05) is 0 Å². The molecule has 0 saturated heterocycles. The highest BCUT2D eigenvalue weighted by Crippen LogP contribution is 2.38. The van der Waals surface area contributed by atoms with Crippen LogP contribution in [-0.4, -0.2) is 40.1 Å². The number of nitrogens with zero attached hydrogens (tertiary/aromatic N) is 4. The van der Waals surface area contributed by atoms with E-state index < -0.39 is 0 Å². The minimum absolute atomic E-state index is 0.456. The maximum absolute atomic E-state index is 5.79. The Bertz CT molecular complexity index is 1060. The van der Waals surface area contributed by atoms with Crippen LogP contribution in [0.4, 0.5) is 0 Å². The SMILES string of the molecule is CCOc1ccc(C[NH+](C)Cn2nc(-c3cccnc3)n(C3CC3)c2=S)cc1OC. The molecule has 4 rings (SSSR count). The second kappa shape index (κ2) is 8.97. The van der Waals surface area contributed by atoms with Crippen molar-refractivity contribution in [1.29, 1.82) is 0 Å². The fourth-order valence-corrected chi connectivity index (χ4v) is 3.97. The summed E-state index contributed by atoms with van der Waals surface area (Å²) in [6, 6.07) is 10.5. The number of aromatic nitrogens is 4. The van der Waals surface area contributed by atoms with Gasteiger partial charge >= 0.3 is 0 Å². The minimum Gasteiger partial charge on any atom is -0.493 e. The van der Waals surface area contributed by atoms with Gasteiger partial charge in [-0.25, -0.2) is 0 Å². The fourth-order valence-electron chi connectivity index (χ4n) is 3.63. The number of methoxy groups -OCH3 is 1. The van der Waals surface area contributed by atoms with Gasteiger partial charge in [0.05, 0.1) is 20.8 Å². The molecule has 1 atom stereocenters. The highest BCUT2D eigenvalue weighted by Gasteiger charge is 2.29. The van der Waals surface area contributed by atoms with Gasteiger partial charge in [-0.05, 0) is 62.3 Å². The summed E-state index contributed by atoms with van der Waals surface area (Å²) in [6.07, 6.45) is 5.94. The Morgan fingerprint density at radius 3 is 2.73 bits per heavy atom. The monoisotopic (exact) mass is 426 g/mol. The Hall–Kier alpha value is -2.71. The first-order chi connectivity index (χ1) is 14.6. The fraction of sp³-hybridized carbons (Fsp3) is 0.409. The highest BCUT2D eigenvalue weighted by molar-refractivity contribution is 7.71. The minimum atomic E-state index is 0.456. The van der Waals surface area contributed by atoms with E-state index in [0.717, 1.165) is 47.0 Å². The summed E-state index contributed by atoms with van der Waals surface area (Å²) in [5, 5.41) is 4.86. The van der Waals surface area contributed by atoms with Crippen molar-refractivity contribution < 1.29 is 14.4 Å². The topological polar surface area (TPSA) is 58.5 Å². The molecule has 2 heterocycles. The molecule has 1 aromatic carbocycles. The third kappa shape index (κ3) is 4.39. The maximum Gasteiger partial charge on any atom is 0.203 e. The molecule has 30 heavy (non-hydrogen) atoms. The van der Waals surface area contributed by atoms with Crippen LogP contribution in [0.1, 0.15) is 31.4 Å². The molecule has 1 unspecified atom stereocenters. The molecular formula is C22H28N5O2S+. The number of hydrogen-bond acceptors (Lipinski definition) is 5. The number of quaternary nitrogens is 1. The lowest BCUT2D eigenvalue weighted by Gasteiger charge is -2.15. The molecule has 1 N–H and O–H groups in total. The molecule has 0 aliphatic heterocycles. The normalized spacial score (nSPS) is 14.5. The van der Waals surface area contributed by atoms with Crippen molar-refractivity contribution in [2.75, 3.05) is 20.8 Å². The number of pyridine rings is 1. The lowest BCUT2D eigenvalue weighted by atomic mass is 10.2. The van der Waals surface area contributed by atoms with Gasteiger partial charge in [-0.2, -0.15) is 4.68 Å². The van der Waals surface area contributed by atoms with Crippen LogP contribution in [-0.2, 0) is 13.2 Å². The zero-order chi connectivity index (χ0) is 21.1. The molecule has 7 nitrogen and oxygen atoms in total. The Balaban J connectivity index is 1.54. The van der Waals surface area contributed by atoms with Gasteiger partial charge in [0, 0.05) is 29.6 Å². The molecule has 8 heteroatoms. The summed E-state index contributed by atoms with van der Waals surface area (Å²) in [4.78, 5) is 5.52. The predicted octanol–water partition coefficient (Wildman–Crippen LogP) is 2.89. The summed E-state index contributed by atoms with van der Waals surface area (Å²) in [6.45, 7) is 4.09. The Labute approximate surface area is 181 Å². The summed E-state index contributed by atoms with van der Waals surface area (Å²) in [5.41, 5.74) is 2.18. The second-order valence-corrected chi connectivity index (χ2v) is 8.02. The van der Waals surface area contributed by atoms with E-state index in [1.165, 1.54) is 10.5 Å². The van der Waals surface area contributed by atoms with Crippen molar-refractivity contribution in [3.63, 3.8) is 0 Å². The number of nitrogens with one attached hydrogen (secondary N) is 1. The number of rotatable bonds is 9. The quantitative estimate of drug-likeness (QED) is 0.533. The average Bonchev–Trinajstić information content (AvgIpc) is 3.54. The van der Waals surface area contributed by atoms with Crippen molar-refractivity contribution in [2.24, 2.45) is 0 Å². The van der Waals surface area contributed by atoms with Gasteiger partial charge in [0.1, 0.15) is 6.54 Å². The highest BCUT2D eigenvalue weighted by atomic mass is 32.1. The van der Waals surface area contributed by atoms with E-state index in [0.29, 0.717) is 19.3 Å². The first-order valence-electron chi connectivity index (χ1n) is 10.3. The molecule has 1 aliphatic rings. The Kier molecular flexibility index (Phi) is 6.15. The summed E-state index contributed by atoms with van der Waals surface area (Å²) in [5.74, 6) is 2.44. The van der Waals surface area contributed by atoms with E-state index in [-0.39, 0.29) is 0 Å². The van der Waals surface area contributed by atoms with Gasteiger partial charge in [0.25, 0.3) is 0 Å².